The largest absolute Gasteiger partial charge is 0.496 e. The van der Waals surface area contributed by atoms with Gasteiger partial charge in [-0.05, 0) is 31.9 Å². The number of nitrogens with zero attached hydrogens (tertiary/aromatic N) is 1. The Kier molecular flexibility index (Phi) is 5.65. The predicted molar refractivity (Wildman–Crippen MR) is 88.5 cm³/mol. The molecule has 0 saturated heterocycles. The van der Waals surface area contributed by atoms with Crippen LogP contribution in [0.5, 0.6) is 5.75 Å². The summed E-state index contributed by atoms with van der Waals surface area (Å²) in [6.07, 6.45) is 6.37. The van der Waals surface area contributed by atoms with Crippen LogP contribution in [0.3, 0.4) is 0 Å². The van der Waals surface area contributed by atoms with E-state index in [1.807, 2.05) is 12.1 Å². The molecule has 0 bridgehead atoms. The van der Waals surface area contributed by atoms with Crippen molar-refractivity contribution in [2.45, 2.75) is 51.1 Å². The van der Waals surface area contributed by atoms with Gasteiger partial charge in [0.2, 0.25) is 0 Å². The summed E-state index contributed by atoms with van der Waals surface area (Å²) in [6, 6.07) is 8.29. The minimum Gasteiger partial charge on any atom is -0.496 e. The molecule has 118 valence electrons. The SMILES string of the molecule is CCC1CCCC(CN)(N(C)Cc2ccccc2OC)C1. The van der Waals surface area contributed by atoms with Gasteiger partial charge in [0.1, 0.15) is 5.75 Å². The first kappa shape index (κ1) is 16.3. The first-order valence-corrected chi connectivity index (χ1v) is 8.18. The third-order valence-corrected chi connectivity index (χ3v) is 5.29. The third kappa shape index (κ3) is 3.58. The van der Waals surface area contributed by atoms with Gasteiger partial charge in [0, 0.05) is 24.2 Å². The van der Waals surface area contributed by atoms with Gasteiger partial charge in [0.05, 0.1) is 7.11 Å². The van der Waals surface area contributed by atoms with Crippen molar-refractivity contribution in [3.05, 3.63) is 29.8 Å². The lowest BCUT2D eigenvalue weighted by atomic mass is 9.73. The van der Waals surface area contributed by atoms with Gasteiger partial charge in [-0.25, -0.2) is 0 Å². The van der Waals surface area contributed by atoms with Crippen molar-refractivity contribution in [3.63, 3.8) is 0 Å². The number of likely N-dealkylation sites (N-methyl/N-ethyl adjacent to an activating group) is 1. The van der Waals surface area contributed by atoms with E-state index in [0.717, 1.165) is 24.8 Å². The molecule has 0 radical (unpaired) electrons. The van der Waals surface area contributed by atoms with Crippen molar-refractivity contribution in [1.29, 1.82) is 0 Å². The highest BCUT2D eigenvalue weighted by atomic mass is 16.5. The fourth-order valence-corrected chi connectivity index (χ4v) is 3.75. The second kappa shape index (κ2) is 7.28. The van der Waals surface area contributed by atoms with E-state index >= 15 is 0 Å². The molecule has 3 heteroatoms. The Morgan fingerprint density at radius 2 is 2.14 bits per heavy atom. The molecule has 1 aliphatic carbocycles. The molecular formula is C18H30N2O. The van der Waals surface area contributed by atoms with E-state index in [1.54, 1.807) is 7.11 Å². The number of benzene rings is 1. The van der Waals surface area contributed by atoms with Crippen LogP contribution in [0.4, 0.5) is 0 Å². The van der Waals surface area contributed by atoms with E-state index in [0.29, 0.717) is 0 Å². The molecule has 2 atom stereocenters. The van der Waals surface area contributed by atoms with Gasteiger partial charge >= 0.3 is 0 Å². The van der Waals surface area contributed by atoms with Crippen LogP contribution >= 0.6 is 0 Å². The lowest BCUT2D eigenvalue weighted by molar-refractivity contribution is 0.0499. The highest BCUT2D eigenvalue weighted by Crippen LogP contribution is 2.38. The highest BCUT2D eigenvalue weighted by molar-refractivity contribution is 5.33. The second-order valence-corrected chi connectivity index (χ2v) is 6.47. The molecule has 1 aromatic carbocycles. The molecule has 0 spiro atoms. The Morgan fingerprint density at radius 3 is 2.81 bits per heavy atom. The van der Waals surface area contributed by atoms with E-state index in [-0.39, 0.29) is 5.54 Å². The summed E-state index contributed by atoms with van der Waals surface area (Å²) in [5.74, 6) is 1.79. The Labute approximate surface area is 129 Å². The first-order valence-electron chi connectivity index (χ1n) is 8.18. The summed E-state index contributed by atoms with van der Waals surface area (Å²) >= 11 is 0. The Bertz CT molecular complexity index is 449. The first-order chi connectivity index (χ1) is 10.1. The topological polar surface area (TPSA) is 38.5 Å². The van der Waals surface area contributed by atoms with Crippen LogP contribution in [-0.4, -0.2) is 31.1 Å². The number of ether oxygens (including phenoxy) is 1. The van der Waals surface area contributed by atoms with Crippen LogP contribution in [-0.2, 0) is 6.54 Å². The molecule has 1 aromatic rings. The number of rotatable bonds is 6. The Balaban J connectivity index is 2.14. The molecular weight excluding hydrogens is 260 g/mol. The average Bonchev–Trinajstić information content (AvgIpc) is 2.55. The van der Waals surface area contributed by atoms with Crippen LogP contribution in [0.25, 0.3) is 0 Å². The molecule has 0 aliphatic heterocycles. The molecule has 1 fully saturated rings. The second-order valence-electron chi connectivity index (χ2n) is 6.47. The predicted octanol–water partition coefficient (Wildman–Crippen LogP) is 3.42. The number of hydrogen-bond acceptors (Lipinski definition) is 3. The smallest absolute Gasteiger partial charge is 0.123 e. The minimum atomic E-state index is 0.153. The maximum atomic E-state index is 6.21. The molecule has 2 unspecified atom stereocenters. The zero-order valence-electron chi connectivity index (χ0n) is 13.8. The minimum absolute atomic E-state index is 0.153. The van der Waals surface area contributed by atoms with Crippen LogP contribution in [0.2, 0.25) is 0 Å². The molecule has 21 heavy (non-hydrogen) atoms. The summed E-state index contributed by atoms with van der Waals surface area (Å²) in [5.41, 5.74) is 7.60. The van der Waals surface area contributed by atoms with Crippen molar-refractivity contribution in [2.24, 2.45) is 11.7 Å². The lowest BCUT2D eigenvalue weighted by Gasteiger charge is -2.47. The van der Waals surface area contributed by atoms with Gasteiger partial charge in [-0.3, -0.25) is 4.90 Å². The number of para-hydroxylation sites is 1. The molecule has 1 aliphatic rings. The number of hydrogen-bond donors (Lipinski definition) is 1. The van der Waals surface area contributed by atoms with Gasteiger partial charge in [-0.2, -0.15) is 0 Å². The Hall–Kier alpha value is -1.06. The fraction of sp³-hybridized carbons (Fsp3) is 0.667. The number of nitrogens with two attached hydrogens (primary N) is 1. The molecule has 0 amide bonds. The van der Waals surface area contributed by atoms with Crippen LogP contribution in [0, 0.1) is 5.92 Å². The van der Waals surface area contributed by atoms with Crippen molar-refractivity contribution >= 4 is 0 Å². The van der Waals surface area contributed by atoms with Gasteiger partial charge in [0.25, 0.3) is 0 Å². The lowest BCUT2D eigenvalue weighted by Crippen LogP contribution is -2.54. The van der Waals surface area contributed by atoms with Gasteiger partial charge in [-0.15, -0.1) is 0 Å². The summed E-state index contributed by atoms with van der Waals surface area (Å²) in [5, 5.41) is 0. The third-order valence-electron chi connectivity index (χ3n) is 5.29. The summed E-state index contributed by atoms with van der Waals surface area (Å²) in [6.45, 7) is 3.95. The normalized spacial score (nSPS) is 26.0. The summed E-state index contributed by atoms with van der Waals surface area (Å²) in [4.78, 5) is 2.46. The Morgan fingerprint density at radius 1 is 1.38 bits per heavy atom. The van der Waals surface area contributed by atoms with Crippen LogP contribution in [0.1, 0.15) is 44.6 Å². The van der Waals surface area contributed by atoms with E-state index in [9.17, 15) is 0 Å². The van der Waals surface area contributed by atoms with E-state index in [2.05, 4.69) is 31.0 Å². The quantitative estimate of drug-likeness (QED) is 0.872. The molecule has 1 saturated carbocycles. The molecule has 3 nitrogen and oxygen atoms in total. The maximum absolute atomic E-state index is 6.21. The summed E-state index contributed by atoms with van der Waals surface area (Å²) in [7, 11) is 3.96. The van der Waals surface area contributed by atoms with E-state index in [4.69, 9.17) is 10.5 Å². The molecule has 2 N–H and O–H groups in total. The summed E-state index contributed by atoms with van der Waals surface area (Å²) < 4.78 is 5.48. The van der Waals surface area contributed by atoms with E-state index in [1.165, 1.54) is 37.7 Å². The van der Waals surface area contributed by atoms with Crippen molar-refractivity contribution in [3.8, 4) is 5.75 Å². The average molecular weight is 290 g/mol. The molecule has 0 aromatic heterocycles. The monoisotopic (exact) mass is 290 g/mol. The molecule has 2 rings (SSSR count). The zero-order chi connectivity index (χ0) is 15.3. The van der Waals surface area contributed by atoms with Crippen molar-refractivity contribution in [1.82, 2.24) is 4.90 Å². The van der Waals surface area contributed by atoms with Gasteiger partial charge < -0.3 is 10.5 Å². The maximum Gasteiger partial charge on any atom is 0.123 e. The molecule has 0 heterocycles. The van der Waals surface area contributed by atoms with Gasteiger partial charge in [-0.1, -0.05) is 44.4 Å². The fourth-order valence-electron chi connectivity index (χ4n) is 3.75. The zero-order valence-corrected chi connectivity index (χ0v) is 13.8. The number of methoxy groups -OCH3 is 1. The van der Waals surface area contributed by atoms with E-state index < -0.39 is 0 Å². The van der Waals surface area contributed by atoms with Crippen molar-refractivity contribution in [2.75, 3.05) is 20.7 Å². The van der Waals surface area contributed by atoms with Crippen molar-refractivity contribution < 1.29 is 4.74 Å². The standard InChI is InChI=1S/C18H30N2O/c1-4-15-8-7-11-18(12-15,14-19)20(2)13-16-9-5-6-10-17(16)21-3/h5-6,9-10,15H,4,7-8,11-14,19H2,1-3H3. The highest BCUT2D eigenvalue weighted by Gasteiger charge is 2.38. The van der Waals surface area contributed by atoms with Crippen LogP contribution < -0.4 is 10.5 Å². The van der Waals surface area contributed by atoms with Crippen LogP contribution in [0.15, 0.2) is 24.3 Å². The van der Waals surface area contributed by atoms with Gasteiger partial charge in [0.15, 0.2) is 0 Å².